The molecule has 0 fully saturated rings. The third-order valence-corrected chi connectivity index (χ3v) is 5.32. The number of unbranched alkanes of at least 4 members (excludes halogenated alkanes) is 4. The predicted octanol–water partition coefficient (Wildman–Crippen LogP) is 7.13. The summed E-state index contributed by atoms with van der Waals surface area (Å²) < 4.78 is 0. The van der Waals surface area contributed by atoms with Gasteiger partial charge in [-0.3, -0.25) is 9.78 Å². The molecule has 0 bridgehead atoms. The Morgan fingerprint density at radius 2 is 1.06 bits per heavy atom. The van der Waals surface area contributed by atoms with E-state index in [9.17, 15) is 9.59 Å². The second-order valence-electron chi connectivity index (χ2n) is 8.19. The van der Waals surface area contributed by atoms with Gasteiger partial charge in [0.25, 0.3) is 0 Å². The number of rotatable bonds is 16. The Hall–Kier alpha value is -2.70. The lowest BCUT2D eigenvalue weighted by molar-refractivity contribution is -0.363. The lowest BCUT2D eigenvalue weighted by atomic mass is 10.1. The predicted molar refractivity (Wildman–Crippen MR) is 130 cm³/mol. The molecule has 0 saturated carbocycles. The van der Waals surface area contributed by atoms with Crippen LogP contribution in [-0.4, -0.2) is 11.9 Å². The highest BCUT2D eigenvalue weighted by atomic mass is 17.3. The van der Waals surface area contributed by atoms with E-state index in [2.05, 4.69) is 20.8 Å². The number of aryl methyl sites for hydroxylation is 2. The normalized spacial score (nSPS) is 10.9. The molecule has 0 spiro atoms. The highest BCUT2D eigenvalue weighted by molar-refractivity contribution is 5.89. The van der Waals surface area contributed by atoms with Crippen molar-refractivity contribution in [3.05, 3.63) is 84.0 Å². The number of benzene rings is 2. The molecule has 0 amide bonds. The molecule has 0 N–H and O–H groups in total. The molecule has 184 valence electrons. The van der Waals surface area contributed by atoms with Gasteiger partial charge < -0.3 is 0 Å². The second kappa shape index (κ2) is 16.0. The van der Waals surface area contributed by atoms with E-state index in [1.54, 1.807) is 24.3 Å². The van der Waals surface area contributed by atoms with E-state index < -0.39 is 11.9 Å². The van der Waals surface area contributed by atoms with Crippen LogP contribution in [0, 0.1) is 13.2 Å². The van der Waals surface area contributed by atoms with Gasteiger partial charge in [-0.1, -0.05) is 70.7 Å². The zero-order valence-electron chi connectivity index (χ0n) is 20.3. The zero-order valence-corrected chi connectivity index (χ0v) is 20.3. The van der Waals surface area contributed by atoms with E-state index in [4.69, 9.17) is 19.6 Å². The summed E-state index contributed by atoms with van der Waals surface area (Å²) in [5.41, 5.74) is 3.03. The molecule has 0 atom stereocenters. The van der Waals surface area contributed by atoms with Gasteiger partial charge in [0.2, 0.25) is 0 Å². The number of hydrogen-bond acceptors (Lipinski definition) is 6. The van der Waals surface area contributed by atoms with Crippen molar-refractivity contribution in [2.45, 2.75) is 78.1 Å². The SMILES string of the molecule is [CH2]CC[C](OOC(=O)c1ccc(CCCCC)cc1)OOC(=O)c1ccc(CCCCC)cc1. The van der Waals surface area contributed by atoms with Gasteiger partial charge in [0.05, 0.1) is 11.1 Å². The van der Waals surface area contributed by atoms with E-state index in [0.717, 1.165) is 38.5 Å². The van der Waals surface area contributed by atoms with Crippen molar-refractivity contribution < 1.29 is 29.1 Å². The van der Waals surface area contributed by atoms with E-state index in [1.807, 2.05) is 24.3 Å². The van der Waals surface area contributed by atoms with Crippen LogP contribution in [0.1, 0.15) is 97.1 Å². The maximum absolute atomic E-state index is 12.3. The Balaban J connectivity index is 1.80. The molecule has 0 aliphatic carbocycles. The maximum atomic E-state index is 12.3. The molecule has 0 aliphatic rings. The fourth-order valence-corrected chi connectivity index (χ4v) is 3.28. The van der Waals surface area contributed by atoms with Crippen LogP contribution in [0.4, 0.5) is 0 Å². The summed E-state index contributed by atoms with van der Waals surface area (Å²) in [5.74, 6) is -1.34. The number of carbonyl (C=O) groups is 2. The average Bonchev–Trinajstić information content (AvgIpc) is 2.86. The number of hydrogen-bond donors (Lipinski definition) is 0. The Bertz CT molecular complexity index is 775. The molecule has 6 nitrogen and oxygen atoms in total. The van der Waals surface area contributed by atoms with Crippen molar-refractivity contribution >= 4 is 11.9 Å². The van der Waals surface area contributed by atoms with E-state index in [1.165, 1.54) is 24.0 Å². The van der Waals surface area contributed by atoms with Gasteiger partial charge in [-0.05, 0) is 67.5 Å². The maximum Gasteiger partial charge on any atom is 0.373 e. The van der Waals surface area contributed by atoms with Crippen molar-refractivity contribution in [3.63, 3.8) is 0 Å². The van der Waals surface area contributed by atoms with Crippen LogP contribution in [0.5, 0.6) is 0 Å². The molecule has 2 aromatic rings. The van der Waals surface area contributed by atoms with Gasteiger partial charge in [0.15, 0.2) is 0 Å². The third kappa shape index (κ3) is 10.1. The van der Waals surface area contributed by atoms with Gasteiger partial charge in [-0.2, -0.15) is 0 Å². The van der Waals surface area contributed by atoms with Crippen molar-refractivity contribution in [1.29, 1.82) is 0 Å². The summed E-state index contributed by atoms with van der Waals surface area (Å²) in [6.07, 6.45) is 9.28. The van der Waals surface area contributed by atoms with Gasteiger partial charge in [0, 0.05) is 6.42 Å². The van der Waals surface area contributed by atoms with E-state index in [0.29, 0.717) is 17.5 Å². The fourth-order valence-electron chi connectivity index (χ4n) is 3.28. The average molecular weight is 469 g/mol. The van der Waals surface area contributed by atoms with Crippen LogP contribution in [0.3, 0.4) is 0 Å². The fraction of sp³-hybridized carbons (Fsp3) is 0.429. The molecule has 0 saturated heterocycles. The first-order valence-electron chi connectivity index (χ1n) is 12.2. The Labute approximate surface area is 203 Å². The lowest BCUT2D eigenvalue weighted by Crippen LogP contribution is -2.16. The summed E-state index contributed by atoms with van der Waals surface area (Å²) >= 11 is 0. The smallest absolute Gasteiger partial charge is 0.289 e. The highest BCUT2D eigenvalue weighted by Gasteiger charge is 2.21. The number of carbonyl (C=O) groups excluding carboxylic acids is 2. The Kier molecular flexibility index (Phi) is 13.0. The first kappa shape index (κ1) is 27.5. The summed E-state index contributed by atoms with van der Waals surface area (Å²) in [6, 6.07) is 14.4. The first-order chi connectivity index (χ1) is 16.6. The van der Waals surface area contributed by atoms with Crippen molar-refractivity contribution in [1.82, 2.24) is 0 Å². The molecule has 0 aliphatic heterocycles. The Morgan fingerprint density at radius 1 is 0.647 bits per heavy atom. The van der Waals surface area contributed by atoms with Crippen LogP contribution in [0.25, 0.3) is 0 Å². The molecule has 2 aromatic carbocycles. The minimum absolute atomic E-state index is 0.163. The molecule has 6 heteroatoms. The highest BCUT2D eigenvalue weighted by Crippen LogP contribution is 2.17. The van der Waals surface area contributed by atoms with Crippen LogP contribution in [0.15, 0.2) is 48.5 Å². The molecular formula is C28H36O6. The monoisotopic (exact) mass is 468 g/mol. The summed E-state index contributed by atoms with van der Waals surface area (Å²) in [7, 11) is 0. The van der Waals surface area contributed by atoms with Crippen molar-refractivity contribution in [3.8, 4) is 0 Å². The molecule has 2 radical (unpaired) electrons. The van der Waals surface area contributed by atoms with Crippen molar-refractivity contribution in [2.24, 2.45) is 0 Å². The quantitative estimate of drug-likeness (QED) is 0.148. The standard InChI is InChI=1S/C28H36O6/c1-4-7-9-12-22-14-18-24(19-15-22)27(29)33-31-26(11-6-3)32-34-28(30)25-20-16-23(17-21-25)13-10-8-5-2/h14-21H,3-13H2,1-2H3. The third-order valence-electron chi connectivity index (χ3n) is 5.32. The van der Waals surface area contributed by atoms with Gasteiger partial charge >= 0.3 is 18.2 Å². The molecule has 0 heterocycles. The molecule has 0 aromatic heterocycles. The molecule has 34 heavy (non-hydrogen) atoms. The first-order valence-corrected chi connectivity index (χ1v) is 12.2. The van der Waals surface area contributed by atoms with E-state index >= 15 is 0 Å². The summed E-state index contributed by atoms with van der Waals surface area (Å²) in [5, 5.41) is 0. The van der Waals surface area contributed by atoms with Crippen LogP contribution in [-0.2, 0) is 32.4 Å². The summed E-state index contributed by atoms with van der Waals surface area (Å²) in [4.78, 5) is 44.3. The van der Waals surface area contributed by atoms with Gasteiger partial charge in [-0.25, -0.2) is 9.59 Å². The lowest BCUT2D eigenvalue weighted by Gasteiger charge is -2.13. The zero-order chi connectivity index (χ0) is 24.6. The largest absolute Gasteiger partial charge is 0.373 e. The van der Waals surface area contributed by atoms with Gasteiger partial charge in [-0.15, -0.1) is 9.78 Å². The van der Waals surface area contributed by atoms with Crippen LogP contribution < -0.4 is 0 Å². The minimum atomic E-state index is -0.671. The van der Waals surface area contributed by atoms with Crippen molar-refractivity contribution in [2.75, 3.05) is 0 Å². The second-order valence-corrected chi connectivity index (χ2v) is 8.19. The van der Waals surface area contributed by atoms with Crippen LogP contribution >= 0.6 is 0 Å². The van der Waals surface area contributed by atoms with Crippen LogP contribution in [0.2, 0.25) is 0 Å². The molecular weight excluding hydrogens is 432 g/mol. The topological polar surface area (TPSA) is 71.1 Å². The molecule has 0 unspecified atom stereocenters. The van der Waals surface area contributed by atoms with E-state index in [-0.39, 0.29) is 12.7 Å². The minimum Gasteiger partial charge on any atom is -0.289 e. The molecule has 2 rings (SSSR count). The van der Waals surface area contributed by atoms with Gasteiger partial charge in [0.1, 0.15) is 0 Å². The Morgan fingerprint density at radius 3 is 1.41 bits per heavy atom. The summed E-state index contributed by atoms with van der Waals surface area (Å²) in [6.45, 7) is 8.04.